The zero-order chi connectivity index (χ0) is 38.9. The average molecular weight is 829 g/mol. The van der Waals surface area contributed by atoms with Crippen molar-refractivity contribution in [2.24, 2.45) is 45.8 Å². The number of esters is 4. The minimum absolute atomic E-state index is 0. The van der Waals surface area contributed by atoms with Crippen LogP contribution >= 0.6 is 0 Å². The van der Waals surface area contributed by atoms with Gasteiger partial charge in [0.2, 0.25) is 0 Å². The zero-order valence-corrected chi connectivity index (χ0v) is 34.5. The molecule has 9 heteroatoms. The number of cyclic esters (lactones) is 1. The van der Waals surface area contributed by atoms with E-state index >= 15 is 0 Å². The van der Waals surface area contributed by atoms with Gasteiger partial charge < -0.3 is 24.1 Å². The van der Waals surface area contributed by atoms with Crippen molar-refractivity contribution in [3.8, 4) is 0 Å². The number of fused-ring (bicyclic) bond motifs is 2. The molecule has 6 atom stereocenters. The number of rotatable bonds is 11. The van der Waals surface area contributed by atoms with Crippen LogP contribution in [0.1, 0.15) is 217 Å². The average Bonchev–Trinajstić information content (AvgIpc) is 3.80. The maximum absolute atomic E-state index is 12.4. The Morgan fingerprint density at radius 3 is 1.59 bits per heavy atom. The quantitative estimate of drug-likeness (QED) is 0.160. The largest absolute Gasteiger partial charge is 0.461 e. The number of hydrogen-bond acceptors (Lipinski definition) is 9. The molecule has 1 aliphatic heterocycles. The van der Waals surface area contributed by atoms with Crippen molar-refractivity contribution in [2.75, 3.05) is 6.61 Å². The van der Waals surface area contributed by atoms with Gasteiger partial charge in [0, 0.05) is 18.8 Å². The lowest BCUT2D eigenvalue weighted by Crippen LogP contribution is -2.61. The summed E-state index contributed by atoms with van der Waals surface area (Å²) in [6.45, 7) is 22.0. The summed E-state index contributed by atoms with van der Waals surface area (Å²) in [7, 11) is 0. The molecule has 7 aliphatic rings. The number of hydrogen-bond donors (Lipinski definition) is 1. The second-order valence-electron chi connectivity index (χ2n) is 20.0. The fourth-order valence-corrected chi connectivity index (χ4v) is 9.63. The Kier molecular flexibility index (Phi) is 23.5. The molecule has 1 N–H and O–H groups in total. The summed E-state index contributed by atoms with van der Waals surface area (Å²) >= 11 is 0. The molecular weight excluding hydrogens is 733 g/mol. The summed E-state index contributed by atoms with van der Waals surface area (Å²) in [6.07, 6.45) is 14.2. The van der Waals surface area contributed by atoms with Gasteiger partial charge in [0.15, 0.2) is 0 Å². The van der Waals surface area contributed by atoms with Gasteiger partial charge in [0.05, 0.1) is 21.8 Å². The summed E-state index contributed by atoms with van der Waals surface area (Å²) in [4.78, 5) is 47.0. The zero-order valence-electron chi connectivity index (χ0n) is 34.5. The van der Waals surface area contributed by atoms with Gasteiger partial charge in [0.1, 0.15) is 23.9 Å². The van der Waals surface area contributed by atoms with E-state index in [2.05, 4.69) is 13.8 Å². The fraction of sp³-hybridized carbons (Fsp3) is 0.918. The molecule has 1 saturated heterocycles. The fourth-order valence-electron chi connectivity index (χ4n) is 9.63. The van der Waals surface area contributed by atoms with Crippen molar-refractivity contribution in [3.63, 3.8) is 0 Å². The van der Waals surface area contributed by atoms with Crippen molar-refractivity contribution in [3.05, 3.63) is 0 Å². The lowest BCUT2D eigenvalue weighted by atomic mass is 9.52. The summed E-state index contributed by atoms with van der Waals surface area (Å²) in [5, 5.41) is 10.6. The van der Waals surface area contributed by atoms with E-state index < -0.39 is 16.4 Å². The Balaban J connectivity index is -0.000000749. The van der Waals surface area contributed by atoms with Crippen LogP contribution in [-0.2, 0) is 38.1 Å². The van der Waals surface area contributed by atoms with Crippen molar-refractivity contribution in [2.45, 2.75) is 240 Å². The number of carbonyl (C=O) groups excluding carboxylic acids is 4. The van der Waals surface area contributed by atoms with E-state index in [9.17, 15) is 24.3 Å². The van der Waals surface area contributed by atoms with Gasteiger partial charge in [-0.25, -0.2) is 0 Å². The maximum Gasteiger partial charge on any atom is 0.312 e. The van der Waals surface area contributed by atoms with Gasteiger partial charge in [-0.3, -0.25) is 19.2 Å². The van der Waals surface area contributed by atoms with E-state index in [4.69, 9.17) is 18.9 Å². The summed E-state index contributed by atoms with van der Waals surface area (Å²) < 4.78 is 21.9. The second-order valence-corrected chi connectivity index (χ2v) is 20.0. The molecule has 0 amide bonds. The van der Waals surface area contributed by atoms with Crippen LogP contribution in [0.4, 0.5) is 0 Å². The van der Waals surface area contributed by atoms with Crippen LogP contribution in [0.3, 0.4) is 0 Å². The molecule has 6 saturated carbocycles. The monoisotopic (exact) mass is 829 g/mol. The van der Waals surface area contributed by atoms with E-state index in [1.54, 1.807) is 0 Å². The Morgan fingerprint density at radius 2 is 1.17 bits per heavy atom. The van der Waals surface area contributed by atoms with E-state index in [0.29, 0.717) is 37.0 Å². The van der Waals surface area contributed by atoms with E-state index in [0.717, 1.165) is 56.8 Å². The van der Waals surface area contributed by atoms with Gasteiger partial charge in [-0.05, 0) is 156 Å². The molecule has 1 heterocycles. The SMILES string of the molecule is C.C.C.C.C.C.CCC(C)(C)C(=O)OC(C)(C)C1CC2CCC1C2.CCC(C)(C)C(=O)OC12CC3CC(CC(O)(C3)C1)C2.CCC(C)(C)C(=O)OCC1CCC(=O)O1. The van der Waals surface area contributed by atoms with Crippen LogP contribution in [0.2, 0.25) is 0 Å². The molecule has 6 bridgehead atoms. The van der Waals surface area contributed by atoms with Crippen LogP contribution in [-0.4, -0.2) is 58.5 Å². The number of aliphatic hydroxyl groups is 1. The Bertz CT molecular complexity index is 1280. The van der Waals surface area contributed by atoms with E-state index in [1.807, 2.05) is 62.3 Å². The predicted octanol–water partition coefficient (Wildman–Crippen LogP) is 12.7. The third-order valence-electron chi connectivity index (χ3n) is 14.0. The van der Waals surface area contributed by atoms with Crippen molar-refractivity contribution in [1.29, 1.82) is 0 Å². The van der Waals surface area contributed by atoms with Crippen LogP contribution in [0.15, 0.2) is 0 Å². The standard InChI is InChI=1S/C16H26O3.C16H28O2.C11H18O4.6CH4/c1-4-14(2,3)13(17)19-16-8-11-5-12(9-16)7-15(18,6-11)10-16;1-6-15(2,3)14(17)18-16(4,5)13-10-11-7-8-12(13)9-11;1-4-11(2,3)10(13)14-7-8-5-6-9(12)15-8;;;;;;/h11-12,18H,4-10H2,1-3H3;11-13H,6-10H2,1-5H3;8H,4-7H2,1-3H3;6*1H4. The molecule has 9 nitrogen and oxygen atoms in total. The van der Waals surface area contributed by atoms with E-state index in [1.165, 1.54) is 32.1 Å². The molecular formula is C49H96O9. The molecule has 0 radical (unpaired) electrons. The molecule has 0 aromatic heterocycles. The third-order valence-corrected chi connectivity index (χ3v) is 14.0. The Morgan fingerprint density at radius 1 is 0.672 bits per heavy atom. The van der Waals surface area contributed by atoms with E-state index in [-0.39, 0.29) is 97.8 Å². The van der Waals surface area contributed by atoms with Gasteiger partial charge in [0.25, 0.3) is 0 Å². The highest BCUT2D eigenvalue weighted by Crippen LogP contribution is 2.59. The highest BCUT2D eigenvalue weighted by molar-refractivity contribution is 5.77. The number of ether oxygens (including phenoxy) is 4. The summed E-state index contributed by atoms with van der Waals surface area (Å²) in [6, 6.07) is 0. The van der Waals surface area contributed by atoms with Crippen LogP contribution in [0.5, 0.6) is 0 Å². The van der Waals surface area contributed by atoms with Gasteiger partial charge in [-0.1, -0.05) is 71.8 Å². The van der Waals surface area contributed by atoms with Crippen LogP contribution in [0.25, 0.3) is 0 Å². The first-order chi connectivity index (χ1) is 24.0. The minimum atomic E-state index is -0.555. The molecule has 7 rings (SSSR count). The van der Waals surface area contributed by atoms with Crippen LogP contribution in [0, 0.1) is 45.8 Å². The maximum atomic E-state index is 12.4. The minimum Gasteiger partial charge on any atom is -0.461 e. The summed E-state index contributed by atoms with van der Waals surface area (Å²) in [5.74, 6) is 2.84. The Labute approximate surface area is 358 Å². The normalized spacial score (nSPS) is 29.9. The van der Waals surface area contributed by atoms with Crippen molar-refractivity contribution in [1.82, 2.24) is 0 Å². The van der Waals surface area contributed by atoms with Crippen LogP contribution < -0.4 is 0 Å². The molecule has 58 heavy (non-hydrogen) atoms. The molecule has 0 aromatic carbocycles. The van der Waals surface area contributed by atoms with Crippen molar-refractivity contribution >= 4 is 23.9 Å². The second kappa shape index (κ2) is 22.6. The lowest BCUT2D eigenvalue weighted by molar-refractivity contribution is -0.225. The molecule has 6 unspecified atom stereocenters. The van der Waals surface area contributed by atoms with Crippen molar-refractivity contribution < 1.29 is 43.2 Å². The molecule has 0 aromatic rings. The van der Waals surface area contributed by atoms with Gasteiger partial charge in [-0.2, -0.15) is 0 Å². The first-order valence-electron chi connectivity index (χ1n) is 20.5. The topological polar surface area (TPSA) is 125 Å². The molecule has 346 valence electrons. The predicted molar refractivity (Wildman–Crippen MR) is 240 cm³/mol. The Hall–Kier alpha value is -2.16. The first-order valence-corrected chi connectivity index (χ1v) is 20.5. The molecule has 7 fully saturated rings. The highest BCUT2D eigenvalue weighted by atomic mass is 16.6. The molecule has 0 spiro atoms. The third kappa shape index (κ3) is 14.5. The highest BCUT2D eigenvalue weighted by Gasteiger charge is 2.59. The summed E-state index contributed by atoms with van der Waals surface area (Å²) in [5.41, 5.74) is -2.42. The first kappa shape index (κ1) is 60.1. The van der Waals surface area contributed by atoms with Gasteiger partial charge in [-0.15, -0.1) is 0 Å². The number of carbonyl (C=O) groups is 4. The molecule has 6 aliphatic carbocycles. The smallest absolute Gasteiger partial charge is 0.312 e. The van der Waals surface area contributed by atoms with Gasteiger partial charge >= 0.3 is 23.9 Å². The lowest BCUT2D eigenvalue weighted by Gasteiger charge is -2.59.